The van der Waals surface area contributed by atoms with E-state index >= 15 is 0 Å². The maximum atomic E-state index is 13.0. The number of hydrogen-bond acceptors (Lipinski definition) is 6. The van der Waals surface area contributed by atoms with E-state index in [1.54, 1.807) is 12.1 Å². The van der Waals surface area contributed by atoms with Gasteiger partial charge in [-0.2, -0.15) is 18.3 Å². The number of amides is 2. The van der Waals surface area contributed by atoms with Gasteiger partial charge in [-0.05, 0) is 24.3 Å². The summed E-state index contributed by atoms with van der Waals surface area (Å²) in [6.45, 7) is -0.572. The Hall–Kier alpha value is -3.76. The first-order valence-electron chi connectivity index (χ1n) is 8.77. The lowest BCUT2D eigenvalue weighted by Crippen LogP contribution is -2.35. The van der Waals surface area contributed by atoms with Crippen LogP contribution >= 0.6 is 0 Å². The molecule has 2 N–H and O–H groups in total. The fourth-order valence-electron chi connectivity index (χ4n) is 2.58. The number of ether oxygens (including phenoxy) is 3. The number of hydrazone groups is 1. The average molecular weight is 439 g/mol. The van der Waals surface area contributed by atoms with Crippen LogP contribution in [0.15, 0.2) is 41.5 Å². The number of alkyl halides is 3. The maximum Gasteiger partial charge on any atom is 0.417 e. The Kier molecular flexibility index (Phi) is 7.83. The van der Waals surface area contributed by atoms with E-state index in [-0.39, 0.29) is 0 Å². The normalized spacial score (nSPS) is 11.2. The maximum absolute atomic E-state index is 13.0. The van der Waals surface area contributed by atoms with Gasteiger partial charge in [0.1, 0.15) is 0 Å². The van der Waals surface area contributed by atoms with Crippen molar-refractivity contribution in [3.05, 3.63) is 53.1 Å². The molecule has 0 saturated carbocycles. The lowest BCUT2D eigenvalue weighted by atomic mass is 10.1. The summed E-state index contributed by atoms with van der Waals surface area (Å²) in [5.41, 5.74) is 1.01. The third kappa shape index (κ3) is 6.11. The van der Waals surface area contributed by atoms with Gasteiger partial charge >= 0.3 is 6.18 Å². The van der Waals surface area contributed by atoms with Crippen LogP contribution in [-0.2, 0) is 11.0 Å². The van der Waals surface area contributed by atoms with Gasteiger partial charge in [0.2, 0.25) is 5.75 Å². The van der Waals surface area contributed by atoms with Crippen molar-refractivity contribution in [1.82, 2.24) is 10.7 Å². The Balaban J connectivity index is 1.99. The first kappa shape index (κ1) is 23.5. The molecule has 31 heavy (non-hydrogen) atoms. The molecule has 0 heterocycles. The van der Waals surface area contributed by atoms with Gasteiger partial charge in [-0.25, -0.2) is 5.43 Å². The Morgan fingerprint density at radius 3 is 2.19 bits per heavy atom. The van der Waals surface area contributed by atoms with Crippen LogP contribution in [0.25, 0.3) is 0 Å². The van der Waals surface area contributed by atoms with E-state index in [9.17, 15) is 22.8 Å². The van der Waals surface area contributed by atoms with Crippen molar-refractivity contribution in [2.45, 2.75) is 6.18 Å². The summed E-state index contributed by atoms with van der Waals surface area (Å²) >= 11 is 0. The highest BCUT2D eigenvalue weighted by atomic mass is 19.4. The lowest BCUT2D eigenvalue weighted by molar-refractivity contribution is -0.137. The molecule has 0 radical (unpaired) electrons. The minimum Gasteiger partial charge on any atom is -0.493 e. The quantitative estimate of drug-likeness (QED) is 0.487. The SMILES string of the molecule is COc1cc(/C=N/NC(=O)CNC(=O)c2ccccc2C(F)(F)F)cc(OC)c1OC. The smallest absolute Gasteiger partial charge is 0.417 e. The summed E-state index contributed by atoms with van der Waals surface area (Å²) in [7, 11) is 4.34. The molecule has 166 valence electrons. The summed E-state index contributed by atoms with van der Waals surface area (Å²) in [5, 5.41) is 5.88. The predicted molar refractivity (Wildman–Crippen MR) is 106 cm³/mol. The molecular weight excluding hydrogens is 419 g/mol. The molecule has 0 aliphatic heterocycles. The Bertz CT molecular complexity index is 952. The van der Waals surface area contributed by atoms with E-state index in [0.717, 1.165) is 12.1 Å². The highest BCUT2D eigenvalue weighted by Crippen LogP contribution is 2.37. The molecule has 0 aliphatic rings. The standard InChI is InChI=1S/C20H20F3N3O5/c1-29-15-8-12(9-16(30-2)18(15)31-3)10-25-26-17(27)11-24-19(28)13-6-4-5-7-14(13)20(21,22)23/h4-10H,11H2,1-3H3,(H,24,28)(H,26,27)/b25-10+. The molecule has 0 bridgehead atoms. The van der Waals surface area contributed by atoms with E-state index in [1.165, 1.54) is 39.7 Å². The zero-order valence-corrected chi connectivity index (χ0v) is 16.9. The second kappa shape index (κ2) is 10.3. The molecule has 0 unspecified atom stereocenters. The second-order valence-electron chi connectivity index (χ2n) is 5.98. The molecule has 0 spiro atoms. The molecule has 2 aromatic rings. The number of rotatable bonds is 8. The van der Waals surface area contributed by atoms with E-state index in [2.05, 4.69) is 15.8 Å². The third-order valence-corrected chi connectivity index (χ3v) is 3.98. The van der Waals surface area contributed by atoms with E-state index < -0.39 is 35.7 Å². The Morgan fingerprint density at radius 2 is 1.65 bits per heavy atom. The van der Waals surface area contributed by atoms with Crippen molar-refractivity contribution < 1.29 is 37.0 Å². The molecule has 0 fully saturated rings. The summed E-state index contributed by atoms with van der Waals surface area (Å²) < 4.78 is 54.6. The summed E-state index contributed by atoms with van der Waals surface area (Å²) in [6.07, 6.45) is -3.40. The fourth-order valence-corrected chi connectivity index (χ4v) is 2.58. The highest BCUT2D eigenvalue weighted by Gasteiger charge is 2.34. The fraction of sp³-hybridized carbons (Fsp3) is 0.250. The van der Waals surface area contributed by atoms with Crippen molar-refractivity contribution in [2.24, 2.45) is 5.10 Å². The highest BCUT2D eigenvalue weighted by molar-refractivity contribution is 5.98. The number of methoxy groups -OCH3 is 3. The van der Waals surface area contributed by atoms with Crippen molar-refractivity contribution >= 4 is 18.0 Å². The summed E-state index contributed by atoms with van der Waals surface area (Å²) in [5.74, 6) is -0.623. The van der Waals surface area contributed by atoms with E-state index in [4.69, 9.17) is 14.2 Å². The number of benzene rings is 2. The van der Waals surface area contributed by atoms with Gasteiger partial charge in [0.25, 0.3) is 11.8 Å². The zero-order valence-electron chi connectivity index (χ0n) is 16.9. The summed E-state index contributed by atoms with van der Waals surface area (Å²) in [4.78, 5) is 23.9. The van der Waals surface area contributed by atoms with Crippen LogP contribution in [0, 0.1) is 0 Å². The minimum absolute atomic E-state index is 0.380. The number of nitrogens with zero attached hydrogens (tertiary/aromatic N) is 1. The molecule has 2 rings (SSSR count). The zero-order chi connectivity index (χ0) is 23.0. The number of hydrogen-bond donors (Lipinski definition) is 2. The van der Waals surface area contributed by atoms with Gasteiger partial charge in [-0.3, -0.25) is 9.59 Å². The van der Waals surface area contributed by atoms with Crippen molar-refractivity contribution in [3.8, 4) is 17.2 Å². The van der Waals surface area contributed by atoms with Crippen LogP contribution in [0.3, 0.4) is 0 Å². The molecule has 2 aromatic carbocycles. The number of carbonyl (C=O) groups is 2. The first-order valence-corrected chi connectivity index (χ1v) is 8.77. The molecule has 11 heteroatoms. The Labute approximate surface area is 176 Å². The first-order chi connectivity index (χ1) is 14.7. The van der Waals surface area contributed by atoms with Crippen LogP contribution in [0.5, 0.6) is 17.2 Å². The van der Waals surface area contributed by atoms with Gasteiger partial charge in [-0.1, -0.05) is 12.1 Å². The van der Waals surface area contributed by atoms with Gasteiger partial charge in [0.05, 0.1) is 45.2 Å². The monoisotopic (exact) mass is 439 g/mol. The van der Waals surface area contributed by atoms with Crippen LogP contribution in [0.2, 0.25) is 0 Å². The van der Waals surface area contributed by atoms with E-state index in [1.807, 2.05) is 0 Å². The molecule has 0 aliphatic carbocycles. The van der Waals surface area contributed by atoms with Gasteiger partial charge < -0.3 is 19.5 Å². The van der Waals surface area contributed by atoms with Crippen LogP contribution in [0.1, 0.15) is 21.5 Å². The topological polar surface area (TPSA) is 98.2 Å². The second-order valence-corrected chi connectivity index (χ2v) is 5.98. The third-order valence-electron chi connectivity index (χ3n) is 3.98. The van der Waals surface area contributed by atoms with Gasteiger partial charge in [0.15, 0.2) is 11.5 Å². The van der Waals surface area contributed by atoms with E-state index in [0.29, 0.717) is 22.8 Å². The van der Waals surface area contributed by atoms with Crippen molar-refractivity contribution in [1.29, 1.82) is 0 Å². The van der Waals surface area contributed by atoms with Crippen LogP contribution < -0.4 is 25.0 Å². The van der Waals surface area contributed by atoms with Gasteiger partial charge in [-0.15, -0.1) is 0 Å². The minimum atomic E-state index is -4.69. The molecule has 0 atom stereocenters. The molecule has 8 nitrogen and oxygen atoms in total. The molecule has 0 saturated heterocycles. The van der Waals surface area contributed by atoms with Crippen LogP contribution in [0.4, 0.5) is 13.2 Å². The number of carbonyl (C=O) groups excluding carboxylic acids is 2. The van der Waals surface area contributed by atoms with Gasteiger partial charge in [0, 0.05) is 5.56 Å². The molecular formula is C20H20F3N3O5. The van der Waals surface area contributed by atoms with Crippen molar-refractivity contribution in [2.75, 3.05) is 27.9 Å². The average Bonchev–Trinajstić information content (AvgIpc) is 2.76. The summed E-state index contributed by atoms with van der Waals surface area (Å²) in [6, 6.07) is 7.46. The van der Waals surface area contributed by atoms with Crippen LogP contribution in [-0.4, -0.2) is 45.9 Å². The number of nitrogens with one attached hydrogen (secondary N) is 2. The lowest BCUT2D eigenvalue weighted by Gasteiger charge is -2.12. The molecule has 2 amide bonds. The van der Waals surface area contributed by atoms with Crippen molar-refractivity contribution in [3.63, 3.8) is 0 Å². The largest absolute Gasteiger partial charge is 0.493 e. The Morgan fingerprint density at radius 1 is 1.03 bits per heavy atom. The number of halogens is 3. The predicted octanol–water partition coefficient (Wildman–Crippen LogP) is 2.61. The molecule has 0 aromatic heterocycles.